The van der Waals surface area contributed by atoms with Gasteiger partial charge in [0.1, 0.15) is 34.9 Å². The number of H-pyrrole nitrogens is 1. The maximum atomic E-state index is 13.6. The molecule has 5 nitrogen and oxygen atoms in total. The Morgan fingerprint density at radius 3 is 2.50 bits per heavy atom. The number of nitrogens with zero attached hydrogens (tertiary/aromatic N) is 2. The lowest BCUT2D eigenvalue weighted by atomic mass is 9.96. The quantitative estimate of drug-likeness (QED) is 0.835. The molecule has 0 unspecified atom stereocenters. The van der Waals surface area contributed by atoms with Gasteiger partial charge in [0, 0.05) is 11.1 Å². The minimum Gasteiger partial charge on any atom is -0.384 e. The van der Waals surface area contributed by atoms with Crippen LogP contribution in [0.4, 0.5) is 10.2 Å². The number of nitrogens with two attached hydrogens (primary N) is 1. The molecule has 0 radical (unpaired) electrons. The Balaban J connectivity index is 3.01. The molecule has 0 spiro atoms. The van der Waals surface area contributed by atoms with Crippen LogP contribution in [0.3, 0.4) is 0 Å². The fourth-order valence-corrected chi connectivity index (χ4v) is 2.27. The van der Waals surface area contributed by atoms with Crippen LogP contribution >= 0.6 is 15.9 Å². The van der Waals surface area contributed by atoms with Crippen molar-refractivity contribution < 1.29 is 4.39 Å². The van der Waals surface area contributed by atoms with Gasteiger partial charge in [-0.1, -0.05) is 12.1 Å². The average Bonchev–Trinajstić information content (AvgIpc) is 2.41. The minimum atomic E-state index is -0.727. The maximum absolute atomic E-state index is 13.6. The van der Waals surface area contributed by atoms with Gasteiger partial charge in [-0.3, -0.25) is 4.79 Å². The van der Waals surface area contributed by atoms with E-state index in [0.717, 1.165) is 0 Å². The Morgan fingerprint density at radius 1 is 1.25 bits per heavy atom. The summed E-state index contributed by atoms with van der Waals surface area (Å²) in [4.78, 5) is 14.0. The van der Waals surface area contributed by atoms with Crippen LogP contribution < -0.4 is 11.3 Å². The van der Waals surface area contributed by atoms with Gasteiger partial charge < -0.3 is 10.7 Å². The third-order valence-electron chi connectivity index (χ3n) is 2.69. The summed E-state index contributed by atoms with van der Waals surface area (Å²) in [5, 5.41) is 18.3. The van der Waals surface area contributed by atoms with E-state index in [1.165, 1.54) is 18.2 Å². The summed E-state index contributed by atoms with van der Waals surface area (Å²) in [7, 11) is 0. The van der Waals surface area contributed by atoms with Crippen molar-refractivity contribution in [2.24, 2.45) is 0 Å². The molecule has 0 atom stereocenters. The summed E-state index contributed by atoms with van der Waals surface area (Å²) in [6, 6.07) is 7.65. The van der Waals surface area contributed by atoms with Gasteiger partial charge in [0.15, 0.2) is 0 Å². The number of hydrogen-bond acceptors (Lipinski definition) is 4. The molecular weight excluding hydrogens is 327 g/mol. The molecule has 2 aromatic rings. The smallest absolute Gasteiger partial charge is 0.268 e. The molecule has 0 bridgehead atoms. The van der Waals surface area contributed by atoms with Crippen molar-refractivity contribution in [3.05, 3.63) is 50.0 Å². The lowest BCUT2D eigenvalue weighted by Gasteiger charge is -2.10. The molecule has 0 aliphatic rings. The number of aromatic nitrogens is 1. The zero-order chi connectivity index (χ0) is 14.9. The summed E-state index contributed by atoms with van der Waals surface area (Å²) in [5.74, 6) is -0.739. The maximum Gasteiger partial charge on any atom is 0.268 e. The van der Waals surface area contributed by atoms with Crippen molar-refractivity contribution in [2.75, 3.05) is 5.73 Å². The summed E-state index contributed by atoms with van der Waals surface area (Å²) in [5.41, 5.74) is 4.73. The lowest BCUT2D eigenvalue weighted by molar-refractivity contribution is 0.622. The second-order valence-corrected chi connectivity index (χ2v) is 4.61. The number of pyridine rings is 1. The molecule has 0 fully saturated rings. The molecule has 0 amide bonds. The van der Waals surface area contributed by atoms with E-state index in [4.69, 9.17) is 16.3 Å². The van der Waals surface area contributed by atoms with E-state index in [9.17, 15) is 9.18 Å². The van der Waals surface area contributed by atoms with E-state index in [1.807, 2.05) is 6.07 Å². The monoisotopic (exact) mass is 332 g/mol. The van der Waals surface area contributed by atoms with E-state index in [0.29, 0.717) is 0 Å². The Bertz CT molecular complexity index is 845. The molecule has 0 saturated carbocycles. The molecular formula is C13H6BrFN4O. The zero-order valence-electron chi connectivity index (χ0n) is 9.87. The number of nitrogen functional groups attached to an aromatic ring is 1. The molecule has 3 N–H and O–H groups in total. The van der Waals surface area contributed by atoms with Crippen molar-refractivity contribution in [3.8, 4) is 23.3 Å². The largest absolute Gasteiger partial charge is 0.384 e. The molecule has 0 aliphatic carbocycles. The topological polar surface area (TPSA) is 106 Å². The summed E-state index contributed by atoms with van der Waals surface area (Å²) >= 11 is 3.05. The standard InChI is InChI=1S/C13H6BrFN4O/c14-11-6(2-1-3-9(11)15)10-7(4-16)12(18)19-13(20)8(10)5-17/h1-3H,(H3,18,19,20). The summed E-state index contributed by atoms with van der Waals surface area (Å²) in [6.07, 6.45) is 0. The van der Waals surface area contributed by atoms with Crippen LogP contribution in [0, 0.1) is 28.5 Å². The molecule has 1 aromatic heterocycles. The average molecular weight is 333 g/mol. The van der Waals surface area contributed by atoms with Crippen LogP contribution in [0.25, 0.3) is 11.1 Å². The second-order valence-electron chi connectivity index (χ2n) is 3.82. The number of anilines is 1. The Kier molecular flexibility index (Phi) is 3.55. The third kappa shape index (κ3) is 2.04. The summed E-state index contributed by atoms with van der Waals surface area (Å²) < 4.78 is 13.7. The lowest BCUT2D eigenvalue weighted by Crippen LogP contribution is -2.16. The molecule has 98 valence electrons. The van der Waals surface area contributed by atoms with Crippen LogP contribution in [-0.2, 0) is 0 Å². The molecule has 1 aromatic carbocycles. The Morgan fingerprint density at radius 2 is 1.90 bits per heavy atom. The van der Waals surface area contributed by atoms with Gasteiger partial charge in [-0.05, 0) is 22.0 Å². The zero-order valence-corrected chi connectivity index (χ0v) is 11.5. The predicted molar refractivity (Wildman–Crippen MR) is 74.0 cm³/mol. The van der Waals surface area contributed by atoms with Crippen molar-refractivity contribution in [1.29, 1.82) is 10.5 Å². The SMILES string of the molecule is N#Cc1c(N)[nH]c(=O)c(C#N)c1-c1cccc(F)c1Br. The first-order chi connectivity index (χ1) is 9.51. The van der Waals surface area contributed by atoms with Gasteiger partial charge in [0.25, 0.3) is 5.56 Å². The first-order valence-electron chi connectivity index (χ1n) is 5.31. The van der Waals surface area contributed by atoms with Gasteiger partial charge in [-0.25, -0.2) is 4.39 Å². The number of nitriles is 2. The highest BCUT2D eigenvalue weighted by Crippen LogP contribution is 2.34. The first-order valence-corrected chi connectivity index (χ1v) is 6.10. The van der Waals surface area contributed by atoms with E-state index in [2.05, 4.69) is 20.9 Å². The van der Waals surface area contributed by atoms with E-state index < -0.39 is 11.4 Å². The molecule has 7 heteroatoms. The molecule has 1 heterocycles. The highest BCUT2D eigenvalue weighted by atomic mass is 79.9. The van der Waals surface area contributed by atoms with Crippen LogP contribution in [0.1, 0.15) is 11.1 Å². The number of rotatable bonds is 1. The van der Waals surface area contributed by atoms with Crippen molar-refractivity contribution in [1.82, 2.24) is 4.98 Å². The van der Waals surface area contributed by atoms with Crippen molar-refractivity contribution >= 4 is 21.7 Å². The fourth-order valence-electron chi connectivity index (χ4n) is 1.81. The van der Waals surface area contributed by atoms with Gasteiger partial charge >= 0.3 is 0 Å². The number of nitrogens with one attached hydrogen (secondary N) is 1. The van der Waals surface area contributed by atoms with E-state index in [-0.39, 0.29) is 32.5 Å². The van der Waals surface area contributed by atoms with Gasteiger partial charge in [0.2, 0.25) is 0 Å². The van der Waals surface area contributed by atoms with Crippen molar-refractivity contribution in [2.45, 2.75) is 0 Å². The second kappa shape index (κ2) is 5.16. The minimum absolute atomic E-state index is 0.0163. The van der Waals surface area contributed by atoms with Crippen molar-refractivity contribution in [3.63, 3.8) is 0 Å². The van der Waals surface area contributed by atoms with Gasteiger partial charge in [0.05, 0.1) is 4.47 Å². The summed E-state index contributed by atoms with van der Waals surface area (Å²) in [6.45, 7) is 0. The van der Waals surface area contributed by atoms with Crippen LogP contribution in [0.5, 0.6) is 0 Å². The fraction of sp³-hybridized carbons (Fsp3) is 0. The molecule has 2 rings (SSSR count). The normalized spacial score (nSPS) is 9.80. The molecule has 0 aliphatic heterocycles. The highest BCUT2D eigenvalue weighted by Gasteiger charge is 2.20. The van der Waals surface area contributed by atoms with Crippen LogP contribution in [-0.4, -0.2) is 4.98 Å². The van der Waals surface area contributed by atoms with Crippen LogP contribution in [0.2, 0.25) is 0 Å². The number of benzene rings is 1. The third-order valence-corrected chi connectivity index (χ3v) is 3.50. The van der Waals surface area contributed by atoms with Crippen LogP contribution in [0.15, 0.2) is 27.5 Å². The predicted octanol–water partition coefficient (Wildman–Crippen LogP) is 2.27. The number of aromatic amines is 1. The number of hydrogen-bond donors (Lipinski definition) is 2. The highest BCUT2D eigenvalue weighted by molar-refractivity contribution is 9.10. The Hall–Kier alpha value is -2.64. The van der Waals surface area contributed by atoms with E-state index in [1.54, 1.807) is 6.07 Å². The van der Waals surface area contributed by atoms with Gasteiger partial charge in [-0.15, -0.1) is 0 Å². The molecule has 0 saturated heterocycles. The van der Waals surface area contributed by atoms with Gasteiger partial charge in [-0.2, -0.15) is 10.5 Å². The first kappa shape index (κ1) is 13.8. The Labute approximate surface area is 121 Å². The number of halogens is 2. The molecule has 20 heavy (non-hydrogen) atoms. The van der Waals surface area contributed by atoms with E-state index >= 15 is 0 Å².